The van der Waals surface area contributed by atoms with Gasteiger partial charge in [-0.25, -0.2) is 5.01 Å². The van der Waals surface area contributed by atoms with Crippen LogP contribution in [0.15, 0.2) is 16.6 Å². The molecule has 1 aromatic carbocycles. The Morgan fingerprint density at radius 2 is 1.75 bits per heavy atom. The van der Waals surface area contributed by atoms with E-state index in [9.17, 15) is 14.4 Å². The van der Waals surface area contributed by atoms with E-state index in [0.717, 1.165) is 10.6 Å². The fraction of sp³-hybridized carbons (Fsp3) is 0.308. The number of amides is 3. The maximum atomic E-state index is 12.4. The second kappa shape index (κ2) is 4.86. The molecular formula is C13H10BrClN2O3. The summed E-state index contributed by atoms with van der Waals surface area (Å²) in [6.45, 7) is 0.210. The van der Waals surface area contributed by atoms with Gasteiger partial charge in [-0.3, -0.25) is 14.4 Å². The van der Waals surface area contributed by atoms with Crippen LogP contribution < -0.4 is 0 Å². The molecule has 1 saturated heterocycles. The highest BCUT2D eigenvalue weighted by Crippen LogP contribution is 2.33. The van der Waals surface area contributed by atoms with E-state index in [1.54, 1.807) is 12.1 Å². The van der Waals surface area contributed by atoms with Crippen molar-refractivity contribution in [3.05, 3.63) is 32.8 Å². The lowest BCUT2D eigenvalue weighted by atomic mass is 10.1. The van der Waals surface area contributed by atoms with Crippen molar-refractivity contribution in [1.29, 1.82) is 0 Å². The van der Waals surface area contributed by atoms with Gasteiger partial charge in [0.2, 0.25) is 11.8 Å². The molecule has 0 radical (unpaired) electrons. The van der Waals surface area contributed by atoms with Gasteiger partial charge in [-0.2, -0.15) is 5.01 Å². The summed E-state index contributed by atoms with van der Waals surface area (Å²) in [6, 6.07) is 3.30. The van der Waals surface area contributed by atoms with Gasteiger partial charge >= 0.3 is 0 Å². The minimum absolute atomic E-state index is 0.210. The van der Waals surface area contributed by atoms with Crippen molar-refractivity contribution < 1.29 is 14.4 Å². The number of fused-ring (bicyclic) bond motifs is 1. The van der Waals surface area contributed by atoms with Gasteiger partial charge in [-0.05, 0) is 40.0 Å². The van der Waals surface area contributed by atoms with Gasteiger partial charge in [-0.1, -0.05) is 11.6 Å². The lowest BCUT2D eigenvalue weighted by molar-refractivity contribution is -0.163. The van der Waals surface area contributed by atoms with Gasteiger partial charge in [0.1, 0.15) is 0 Å². The van der Waals surface area contributed by atoms with Gasteiger partial charge < -0.3 is 0 Å². The van der Waals surface area contributed by atoms with E-state index in [1.807, 2.05) is 0 Å². The molecule has 0 unspecified atom stereocenters. The van der Waals surface area contributed by atoms with E-state index in [-0.39, 0.29) is 37.1 Å². The maximum Gasteiger partial charge on any atom is 0.273 e. The second-order valence-corrected chi connectivity index (χ2v) is 6.00. The molecule has 3 amide bonds. The lowest BCUT2D eigenvalue weighted by Crippen LogP contribution is -2.51. The Balaban J connectivity index is 1.97. The summed E-state index contributed by atoms with van der Waals surface area (Å²) in [5, 5.41) is 2.61. The van der Waals surface area contributed by atoms with Crippen molar-refractivity contribution in [2.45, 2.75) is 25.8 Å². The topological polar surface area (TPSA) is 57.7 Å². The zero-order valence-electron chi connectivity index (χ0n) is 10.4. The van der Waals surface area contributed by atoms with Crippen molar-refractivity contribution in [1.82, 2.24) is 10.0 Å². The van der Waals surface area contributed by atoms with E-state index in [0.29, 0.717) is 21.5 Å². The molecule has 2 heterocycles. The van der Waals surface area contributed by atoms with Crippen LogP contribution in [0, 0.1) is 0 Å². The third-order valence-corrected chi connectivity index (χ3v) is 4.62. The van der Waals surface area contributed by atoms with Gasteiger partial charge in [0.05, 0.1) is 11.6 Å². The standard InChI is InChI=1S/C13H10BrClN2O3/c14-9-4-7-6-16(13(20)8(7)5-10(9)15)17-11(18)2-1-3-12(17)19/h4-5H,1-3,6H2. The molecule has 20 heavy (non-hydrogen) atoms. The van der Waals surface area contributed by atoms with E-state index in [2.05, 4.69) is 15.9 Å². The molecule has 0 atom stereocenters. The quantitative estimate of drug-likeness (QED) is 0.726. The van der Waals surface area contributed by atoms with Crippen LogP contribution in [0.1, 0.15) is 35.2 Å². The number of nitrogens with zero attached hydrogens (tertiary/aromatic N) is 2. The molecule has 1 aromatic rings. The molecule has 0 N–H and O–H groups in total. The molecule has 0 bridgehead atoms. The Morgan fingerprint density at radius 1 is 1.10 bits per heavy atom. The second-order valence-electron chi connectivity index (χ2n) is 4.74. The molecule has 7 heteroatoms. The summed E-state index contributed by atoms with van der Waals surface area (Å²) in [5.74, 6) is -1.02. The van der Waals surface area contributed by atoms with Crippen LogP contribution in [-0.2, 0) is 16.1 Å². The third kappa shape index (κ3) is 2.03. The number of hydrogen-bond acceptors (Lipinski definition) is 3. The number of hydrazine groups is 1. The molecule has 0 saturated carbocycles. The predicted molar refractivity (Wildman–Crippen MR) is 74.7 cm³/mol. The van der Waals surface area contributed by atoms with Gasteiger partial charge in [0.25, 0.3) is 5.91 Å². The molecule has 0 aromatic heterocycles. The normalized spacial score (nSPS) is 18.8. The first-order chi connectivity index (χ1) is 9.49. The predicted octanol–water partition coefficient (Wildman–Crippen LogP) is 2.51. The minimum atomic E-state index is -0.363. The molecule has 5 nitrogen and oxygen atoms in total. The fourth-order valence-corrected chi connectivity index (χ4v) is 3.02. The molecule has 2 aliphatic heterocycles. The van der Waals surface area contributed by atoms with Crippen LogP contribution >= 0.6 is 27.5 Å². The van der Waals surface area contributed by atoms with Crippen molar-refractivity contribution in [2.75, 3.05) is 0 Å². The smallest absolute Gasteiger partial charge is 0.273 e. The molecular weight excluding hydrogens is 348 g/mol. The first kappa shape index (κ1) is 13.6. The number of rotatable bonds is 1. The van der Waals surface area contributed by atoms with Crippen molar-refractivity contribution in [2.24, 2.45) is 0 Å². The van der Waals surface area contributed by atoms with E-state index < -0.39 is 0 Å². The average Bonchev–Trinajstić information content (AvgIpc) is 2.68. The molecule has 0 aliphatic carbocycles. The first-order valence-electron chi connectivity index (χ1n) is 6.14. The zero-order chi connectivity index (χ0) is 14.4. The summed E-state index contributed by atoms with van der Waals surface area (Å²) >= 11 is 9.28. The summed E-state index contributed by atoms with van der Waals surface area (Å²) < 4.78 is 0.684. The highest BCUT2D eigenvalue weighted by atomic mass is 79.9. The monoisotopic (exact) mass is 356 g/mol. The van der Waals surface area contributed by atoms with Crippen LogP contribution in [0.4, 0.5) is 0 Å². The molecule has 3 rings (SSSR count). The van der Waals surface area contributed by atoms with Gasteiger partial charge in [-0.15, -0.1) is 0 Å². The minimum Gasteiger partial charge on any atom is -0.273 e. The first-order valence-corrected chi connectivity index (χ1v) is 7.31. The fourth-order valence-electron chi connectivity index (χ4n) is 2.46. The van der Waals surface area contributed by atoms with Gasteiger partial charge in [0, 0.05) is 22.9 Å². The largest absolute Gasteiger partial charge is 0.273 e. The number of benzene rings is 1. The Hall–Kier alpha value is -1.40. The highest BCUT2D eigenvalue weighted by molar-refractivity contribution is 9.10. The summed E-state index contributed by atoms with van der Waals surface area (Å²) in [6.07, 6.45) is 1.12. The Morgan fingerprint density at radius 3 is 2.40 bits per heavy atom. The molecule has 1 fully saturated rings. The SMILES string of the molecule is O=C1c2cc(Cl)c(Br)cc2CN1N1C(=O)CCCC1=O. The zero-order valence-corrected chi connectivity index (χ0v) is 12.7. The van der Waals surface area contributed by atoms with Crippen LogP contribution in [0.3, 0.4) is 0 Å². The van der Waals surface area contributed by atoms with Crippen molar-refractivity contribution >= 4 is 45.3 Å². The Labute approximate surface area is 128 Å². The van der Waals surface area contributed by atoms with Crippen LogP contribution in [0.25, 0.3) is 0 Å². The number of halogens is 2. The van der Waals surface area contributed by atoms with Gasteiger partial charge in [0.15, 0.2) is 0 Å². The summed E-state index contributed by atoms with van der Waals surface area (Å²) in [7, 11) is 0. The Kier molecular flexibility index (Phi) is 3.30. The highest BCUT2D eigenvalue weighted by Gasteiger charge is 2.39. The van der Waals surface area contributed by atoms with E-state index in [1.165, 1.54) is 5.01 Å². The summed E-state index contributed by atoms with van der Waals surface area (Å²) in [4.78, 5) is 36.2. The van der Waals surface area contributed by atoms with E-state index >= 15 is 0 Å². The number of imide groups is 1. The van der Waals surface area contributed by atoms with Crippen LogP contribution in [0.5, 0.6) is 0 Å². The third-order valence-electron chi connectivity index (χ3n) is 3.43. The maximum absolute atomic E-state index is 12.4. The molecule has 2 aliphatic rings. The van der Waals surface area contributed by atoms with Crippen molar-refractivity contribution in [3.8, 4) is 0 Å². The number of carbonyl (C=O) groups excluding carboxylic acids is 3. The molecule has 0 spiro atoms. The molecule has 104 valence electrons. The Bertz CT molecular complexity index is 631. The number of piperidine rings is 1. The number of hydrogen-bond donors (Lipinski definition) is 0. The number of carbonyl (C=O) groups is 3. The van der Waals surface area contributed by atoms with Crippen LogP contribution in [-0.4, -0.2) is 27.7 Å². The van der Waals surface area contributed by atoms with Crippen molar-refractivity contribution in [3.63, 3.8) is 0 Å². The lowest BCUT2D eigenvalue weighted by Gasteiger charge is -2.32. The van der Waals surface area contributed by atoms with Crippen LogP contribution in [0.2, 0.25) is 5.02 Å². The summed E-state index contributed by atoms with van der Waals surface area (Å²) in [5.41, 5.74) is 1.18. The average molecular weight is 358 g/mol. The van der Waals surface area contributed by atoms with E-state index in [4.69, 9.17) is 11.6 Å².